The van der Waals surface area contributed by atoms with Crippen molar-refractivity contribution in [3.63, 3.8) is 0 Å². The van der Waals surface area contributed by atoms with Crippen LogP contribution in [0, 0.1) is 0 Å². The van der Waals surface area contributed by atoms with E-state index in [0.29, 0.717) is 0 Å². The Hall–Kier alpha value is -0.280. The first-order valence-corrected chi connectivity index (χ1v) is 7.86. The van der Waals surface area contributed by atoms with Gasteiger partial charge in [0.15, 0.2) is 0 Å². The van der Waals surface area contributed by atoms with Gasteiger partial charge in [0.1, 0.15) is 0 Å². The predicted molar refractivity (Wildman–Crippen MR) is 81.1 cm³/mol. The summed E-state index contributed by atoms with van der Waals surface area (Å²) in [6.07, 6.45) is -5.44. The lowest BCUT2D eigenvalue weighted by Crippen LogP contribution is -2.29. The molecule has 0 aliphatic heterocycles. The Morgan fingerprint density at radius 1 is 0.409 bits per heavy atom. The van der Waals surface area contributed by atoms with E-state index in [4.69, 9.17) is 10.2 Å². The first-order chi connectivity index (χ1) is 10.1. The van der Waals surface area contributed by atoms with Crippen LogP contribution in [0.15, 0.2) is 0 Å². The van der Waals surface area contributed by atoms with Crippen molar-refractivity contribution in [2.45, 2.75) is 95.1 Å². The van der Waals surface area contributed by atoms with Gasteiger partial charge < -0.3 is 35.7 Å². The Bertz CT molecular complexity index is 247. The molecule has 0 aromatic heterocycles. The molecule has 6 atom stereocenters. The largest absolute Gasteiger partial charge is 0.393 e. The second-order valence-corrected chi connectivity index (χ2v) is 6.38. The number of hydrogen-bond donors (Lipinski definition) is 7. The molecule has 0 amide bonds. The van der Waals surface area contributed by atoms with Gasteiger partial charge in [-0.05, 0) is 52.4 Å². The molecule has 0 rings (SSSR count). The van der Waals surface area contributed by atoms with Crippen LogP contribution in [-0.4, -0.2) is 78.5 Å². The minimum atomic E-state index is -0.956. The van der Waals surface area contributed by atoms with Crippen LogP contribution in [0.25, 0.3) is 0 Å². The molecule has 0 spiro atoms. The molecule has 7 N–H and O–H groups in total. The first-order valence-electron chi connectivity index (χ1n) is 7.86. The minimum Gasteiger partial charge on any atom is -0.393 e. The van der Waals surface area contributed by atoms with Crippen molar-refractivity contribution >= 4 is 0 Å². The van der Waals surface area contributed by atoms with Crippen molar-refractivity contribution in [3.8, 4) is 0 Å². The highest BCUT2D eigenvalue weighted by atomic mass is 16.3. The fraction of sp³-hybridized carbons (Fsp3) is 1.00. The average Bonchev–Trinajstić information content (AvgIpc) is 2.23. The summed E-state index contributed by atoms with van der Waals surface area (Å²) < 4.78 is 0. The number of hydrogen-bond acceptors (Lipinski definition) is 7. The predicted octanol–water partition coefficient (Wildman–Crippen LogP) is -1.11. The van der Waals surface area contributed by atoms with E-state index in [1.807, 2.05) is 0 Å². The summed E-state index contributed by atoms with van der Waals surface area (Å²) in [5.74, 6) is 0. The highest BCUT2D eigenvalue weighted by Crippen LogP contribution is 2.15. The van der Waals surface area contributed by atoms with Crippen LogP contribution in [0.4, 0.5) is 0 Å². The molecule has 0 aliphatic rings. The van der Waals surface area contributed by atoms with Crippen molar-refractivity contribution in [1.29, 1.82) is 0 Å². The summed E-state index contributed by atoms with van der Waals surface area (Å²) in [6, 6.07) is 0. The molecule has 0 fully saturated rings. The van der Waals surface area contributed by atoms with Crippen LogP contribution in [0.1, 0.15) is 52.4 Å². The third-order valence-electron chi connectivity index (χ3n) is 3.40. The van der Waals surface area contributed by atoms with Gasteiger partial charge in [0.2, 0.25) is 0 Å². The van der Waals surface area contributed by atoms with Crippen molar-refractivity contribution < 1.29 is 35.7 Å². The van der Waals surface area contributed by atoms with Crippen molar-refractivity contribution in [1.82, 2.24) is 0 Å². The van der Waals surface area contributed by atoms with Crippen LogP contribution in [0.5, 0.6) is 0 Å². The lowest BCUT2D eigenvalue weighted by molar-refractivity contribution is -0.00371. The number of aliphatic hydroxyl groups is 7. The van der Waals surface area contributed by atoms with E-state index < -0.39 is 42.7 Å². The van der Waals surface area contributed by atoms with Gasteiger partial charge in [-0.3, -0.25) is 0 Å². The van der Waals surface area contributed by atoms with E-state index in [1.165, 1.54) is 0 Å². The van der Waals surface area contributed by atoms with Gasteiger partial charge in [-0.1, -0.05) is 0 Å². The third-order valence-corrected chi connectivity index (χ3v) is 3.40. The molecule has 0 aromatic carbocycles. The van der Waals surface area contributed by atoms with Crippen LogP contribution < -0.4 is 0 Å². The molecule has 134 valence electrons. The van der Waals surface area contributed by atoms with E-state index in [1.54, 1.807) is 13.8 Å². The maximum absolute atomic E-state index is 9.80. The summed E-state index contributed by atoms with van der Waals surface area (Å²) in [5.41, 5.74) is 0. The summed E-state index contributed by atoms with van der Waals surface area (Å²) in [5, 5.41) is 66.7. The molecule has 7 heteroatoms. The molecule has 6 unspecified atom stereocenters. The van der Waals surface area contributed by atoms with Gasteiger partial charge in [-0.15, -0.1) is 0 Å². The lowest BCUT2D eigenvalue weighted by atomic mass is 9.97. The Balaban J connectivity index is 3.98. The number of rotatable bonds is 12. The van der Waals surface area contributed by atoms with Crippen LogP contribution in [0.3, 0.4) is 0 Å². The van der Waals surface area contributed by atoms with Gasteiger partial charge in [-0.2, -0.15) is 0 Å². The van der Waals surface area contributed by atoms with E-state index in [9.17, 15) is 25.5 Å². The third kappa shape index (κ3) is 12.3. The Morgan fingerprint density at radius 3 is 0.773 bits per heavy atom. The van der Waals surface area contributed by atoms with Gasteiger partial charge in [-0.25, -0.2) is 0 Å². The highest BCUT2D eigenvalue weighted by Gasteiger charge is 2.21. The molecule has 0 heterocycles. The van der Waals surface area contributed by atoms with E-state index in [0.717, 1.165) is 0 Å². The molecule has 0 radical (unpaired) electrons. The summed E-state index contributed by atoms with van der Waals surface area (Å²) in [6.45, 7) is 3.08. The first kappa shape index (κ1) is 21.7. The van der Waals surface area contributed by atoms with Gasteiger partial charge in [0.05, 0.1) is 42.7 Å². The SMILES string of the molecule is CC(O)CC(O)CC(O)CC(O)CC(O)CC(O)CC(C)O. The molecule has 0 saturated heterocycles. The monoisotopic (exact) mass is 324 g/mol. The van der Waals surface area contributed by atoms with E-state index >= 15 is 0 Å². The zero-order valence-corrected chi connectivity index (χ0v) is 13.4. The standard InChI is InChI=1S/C15H32O7/c1-9(16)3-11(18)5-13(20)7-15(22)8-14(21)6-12(19)4-10(2)17/h9-22H,3-8H2,1-2H3. The second-order valence-electron chi connectivity index (χ2n) is 6.38. The van der Waals surface area contributed by atoms with Crippen LogP contribution >= 0.6 is 0 Å². The van der Waals surface area contributed by atoms with Gasteiger partial charge in [0, 0.05) is 0 Å². The maximum Gasteiger partial charge on any atom is 0.0589 e. The average molecular weight is 324 g/mol. The van der Waals surface area contributed by atoms with E-state index in [2.05, 4.69) is 0 Å². The summed E-state index contributed by atoms with van der Waals surface area (Å²) in [4.78, 5) is 0. The number of aliphatic hydroxyl groups excluding tert-OH is 7. The van der Waals surface area contributed by atoms with E-state index in [-0.39, 0.29) is 38.5 Å². The Kier molecular flexibility index (Phi) is 11.1. The normalized spacial score (nSPS) is 21.7. The smallest absolute Gasteiger partial charge is 0.0589 e. The lowest BCUT2D eigenvalue weighted by Gasteiger charge is -2.22. The molecule has 0 aromatic rings. The molecule has 0 saturated carbocycles. The quantitative estimate of drug-likeness (QED) is 0.241. The molecule has 0 bridgehead atoms. The van der Waals surface area contributed by atoms with Crippen molar-refractivity contribution in [2.75, 3.05) is 0 Å². The van der Waals surface area contributed by atoms with Crippen molar-refractivity contribution in [2.24, 2.45) is 0 Å². The minimum absolute atomic E-state index is 0.000424. The highest BCUT2D eigenvalue weighted by molar-refractivity contribution is 4.73. The Morgan fingerprint density at radius 2 is 0.591 bits per heavy atom. The molecular formula is C15H32O7. The van der Waals surface area contributed by atoms with Gasteiger partial charge >= 0.3 is 0 Å². The molecule has 0 aliphatic carbocycles. The summed E-state index contributed by atoms with van der Waals surface area (Å²) >= 11 is 0. The zero-order chi connectivity index (χ0) is 17.3. The topological polar surface area (TPSA) is 142 Å². The zero-order valence-electron chi connectivity index (χ0n) is 13.4. The summed E-state index contributed by atoms with van der Waals surface area (Å²) in [7, 11) is 0. The molecule has 22 heavy (non-hydrogen) atoms. The maximum atomic E-state index is 9.80. The Labute approximate surface area is 131 Å². The van der Waals surface area contributed by atoms with Crippen LogP contribution in [-0.2, 0) is 0 Å². The van der Waals surface area contributed by atoms with Crippen molar-refractivity contribution in [3.05, 3.63) is 0 Å². The molecular weight excluding hydrogens is 292 g/mol. The fourth-order valence-corrected chi connectivity index (χ4v) is 2.52. The molecule has 7 nitrogen and oxygen atoms in total. The van der Waals surface area contributed by atoms with Crippen LogP contribution in [0.2, 0.25) is 0 Å². The second kappa shape index (κ2) is 11.3. The van der Waals surface area contributed by atoms with Gasteiger partial charge in [0.25, 0.3) is 0 Å². The fourth-order valence-electron chi connectivity index (χ4n) is 2.52.